The molecule has 3 rings (SSSR count). The molecule has 2 N–H and O–H groups in total. The molecular weight excluding hydrogens is 454 g/mol. The molecule has 0 aromatic heterocycles. The average Bonchev–Trinajstić information content (AvgIpc) is 3.12. The maximum absolute atomic E-state index is 12.8. The second-order valence-electron chi connectivity index (χ2n) is 7.56. The first-order valence-electron chi connectivity index (χ1n) is 10.9. The summed E-state index contributed by atoms with van der Waals surface area (Å²) in [7, 11) is 0. The van der Waals surface area contributed by atoms with Crippen molar-refractivity contribution in [2.24, 2.45) is 0 Å². The number of rotatable bonds is 13. The number of anilines is 1. The van der Waals surface area contributed by atoms with Gasteiger partial charge in [-0.1, -0.05) is 6.07 Å². The van der Waals surface area contributed by atoms with Gasteiger partial charge in [0.2, 0.25) is 17.7 Å². The van der Waals surface area contributed by atoms with Gasteiger partial charge in [0.05, 0.1) is 46.1 Å². The third kappa shape index (κ3) is 6.97. The summed E-state index contributed by atoms with van der Waals surface area (Å²) in [4.78, 5) is 50.2. The highest BCUT2D eigenvalue weighted by molar-refractivity contribution is 6.18. The van der Waals surface area contributed by atoms with E-state index >= 15 is 0 Å². The van der Waals surface area contributed by atoms with E-state index in [1.165, 1.54) is 4.90 Å². The van der Waals surface area contributed by atoms with Crippen LogP contribution in [0, 0.1) is 0 Å². The quantitative estimate of drug-likeness (QED) is 0.245. The largest absolute Gasteiger partial charge is 0.379 e. The molecule has 1 fully saturated rings. The van der Waals surface area contributed by atoms with Gasteiger partial charge in [-0.3, -0.25) is 24.5 Å². The number of fused-ring (bicyclic) bond motifs is 1. The van der Waals surface area contributed by atoms with Crippen molar-refractivity contribution in [3.63, 3.8) is 0 Å². The van der Waals surface area contributed by atoms with Crippen LogP contribution in [-0.2, 0) is 35.1 Å². The predicted octanol–water partition coefficient (Wildman–Crippen LogP) is 1.06. The molecule has 1 saturated heterocycles. The fourth-order valence-corrected chi connectivity index (χ4v) is 3.79. The van der Waals surface area contributed by atoms with E-state index in [0.29, 0.717) is 55.7 Å². The lowest BCUT2D eigenvalue weighted by atomic mass is 10.0. The maximum atomic E-state index is 12.8. The minimum absolute atomic E-state index is 0.146. The summed E-state index contributed by atoms with van der Waals surface area (Å²) in [6.45, 7) is 2.60. The van der Waals surface area contributed by atoms with E-state index in [1.54, 1.807) is 18.2 Å². The first-order valence-corrected chi connectivity index (χ1v) is 11.4. The number of imide groups is 1. The van der Waals surface area contributed by atoms with Gasteiger partial charge in [-0.05, 0) is 18.6 Å². The number of alkyl halides is 1. The van der Waals surface area contributed by atoms with Gasteiger partial charge in [-0.15, -0.1) is 11.6 Å². The van der Waals surface area contributed by atoms with Crippen LogP contribution in [0.5, 0.6) is 0 Å². The maximum Gasteiger partial charge on any atom is 0.255 e. The zero-order valence-corrected chi connectivity index (χ0v) is 19.0. The molecule has 1 atom stereocenters. The molecule has 0 saturated carbocycles. The topological polar surface area (TPSA) is 123 Å². The van der Waals surface area contributed by atoms with Gasteiger partial charge in [-0.2, -0.15) is 0 Å². The molecule has 2 aliphatic rings. The van der Waals surface area contributed by atoms with E-state index in [0.717, 1.165) is 0 Å². The van der Waals surface area contributed by atoms with Crippen LogP contribution < -0.4 is 10.6 Å². The summed E-state index contributed by atoms with van der Waals surface area (Å²) < 4.78 is 15.9. The van der Waals surface area contributed by atoms with Crippen molar-refractivity contribution in [2.45, 2.75) is 31.8 Å². The molecule has 11 heteroatoms. The standard InChI is InChI=1S/C22H28ClN3O7/c23-7-9-32-11-13-33-12-10-31-8-6-20(28)24-17-3-1-2-15-16(17)14-26(22(15)30)18-4-5-19(27)25-21(18)29/h1-3,18H,4-14H2,(H,24,28)(H,25,27,29). The van der Waals surface area contributed by atoms with Gasteiger partial charge in [0.1, 0.15) is 6.04 Å². The van der Waals surface area contributed by atoms with Gasteiger partial charge < -0.3 is 24.4 Å². The predicted molar refractivity (Wildman–Crippen MR) is 119 cm³/mol. The zero-order valence-electron chi connectivity index (χ0n) is 18.3. The Labute approximate surface area is 196 Å². The SMILES string of the molecule is O=C1CCC(N2Cc3c(NC(=O)CCOCCOCCOCCCl)cccc3C2=O)C(=O)N1. The van der Waals surface area contributed by atoms with Crippen LogP contribution in [0.2, 0.25) is 0 Å². The number of hydrogen-bond donors (Lipinski definition) is 2. The van der Waals surface area contributed by atoms with Crippen LogP contribution in [0.25, 0.3) is 0 Å². The normalized spacial score (nSPS) is 17.8. The summed E-state index contributed by atoms with van der Waals surface area (Å²) in [6.07, 6.45) is 0.619. The fraction of sp³-hybridized carbons (Fsp3) is 0.545. The second-order valence-corrected chi connectivity index (χ2v) is 7.93. The van der Waals surface area contributed by atoms with Crippen LogP contribution in [0.3, 0.4) is 0 Å². The van der Waals surface area contributed by atoms with Crippen molar-refractivity contribution in [2.75, 3.05) is 50.8 Å². The molecular formula is C22H28ClN3O7. The number of piperidine rings is 1. The number of ether oxygens (including phenoxy) is 3. The number of nitrogens with one attached hydrogen (secondary N) is 2. The number of carbonyl (C=O) groups excluding carboxylic acids is 4. The summed E-state index contributed by atoms with van der Waals surface area (Å²) in [5.41, 5.74) is 1.63. The fourth-order valence-electron chi connectivity index (χ4n) is 3.68. The Morgan fingerprint density at radius 3 is 2.45 bits per heavy atom. The molecule has 180 valence electrons. The summed E-state index contributed by atoms with van der Waals surface area (Å²) in [5, 5.41) is 5.10. The average molecular weight is 482 g/mol. The minimum atomic E-state index is -0.700. The number of halogens is 1. The van der Waals surface area contributed by atoms with Crippen molar-refractivity contribution in [1.82, 2.24) is 10.2 Å². The highest BCUT2D eigenvalue weighted by atomic mass is 35.5. The van der Waals surface area contributed by atoms with E-state index < -0.39 is 11.9 Å². The Bertz CT molecular complexity index is 880. The molecule has 0 spiro atoms. The first kappa shape index (κ1) is 25.1. The van der Waals surface area contributed by atoms with E-state index in [1.807, 2.05) is 0 Å². The molecule has 1 aromatic carbocycles. The van der Waals surface area contributed by atoms with E-state index in [2.05, 4.69) is 10.6 Å². The van der Waals surface area contributed by atoms with Crippen molar-refractivity contribution in [3.8, 4) is 0 Å². The lowest BCUT2D eigenvalue weighted by molar-refractivity contribution is -0.137. The molecule has 0 bridgehead atoms. The highest BCUT2D eigenvalue weighted by Gasteiger charge is 2.39. The molecule has 0 aliphatic carbocycles. The van der Waals surface area contributed by atoms with E-state index in [9.17, 15) is 19.2 Å². The Hall–Kier alpha value is -2.53. The molecule has 2 heterocycles. The number of benzene rings is 1. The Morgan fingerprint density at radius 2 is 1.76 bits per heavy atom. The van der Waals surface area contributed by atoms with Gasteiger partial charge in [0, 0.05) is 35.7 Å². The molecule has 4 amide bonds. The number of amides is 4. The van der Waals surface area contributed by atoms with Crippen LogP contribution in [0.1, 0.15) is 35.2 Å². The number of carbonyl (C=O) groups is 4. The third-order valence-electron chi connectivity index (χ3n) is 5.30. The Morgan fingerprint density at radius 1 is 1.06 bits per heavy atom. The molecule has 2 aliphatic heterocycles. The second kappa shape index (κ2) is 12.6. The molecule has 1 unspecified atom stereocenters. The molecule has 33 heavy (non-hydrogen) atoms. The molecule has 10 nitrogen and oxygen atoms in total. The van der Waals surface area contributed by atoms with E-state index in [4.69, 9.17) is 25.8 Å². The van der Waals surface area contributed by atoms with Gasteiger partial charge in [-0.25, -0.2) is 0 Å². The smallest absolute Gasteiger partial charge is 0.255 e. The van der Waals surface area contributed by atoms with Gasteiger partial charge in [0.25, 0.3) is 5.91 Å². The van der Waals surface area contributed by atoms with Crippen molar-refractivity contribution in [3.05, 3.63) is 29.3 Å². The van der Waals surface area contributed by atoms with Gasteiger partial charge >= 0.3 is 0 Å². The monoisotopic (exact) mass is 481 g/mol. The van der Waals surface area contributed by atoms with Crippen molar-refractivity contribution >= 4 is 40.9 Å². The number of hydrogen-bond acceptors (Lipinski definition) is 7. The van der Waals surface area contributed by atoms with Crippen LogP contribution in [-0.4, -0.2) is 80.1 Å². The first-order chi connectivity index (χ1) is 16.0. The van der Waals surface area contributed by atoms with Crippen molar-refractivity contribution in [1.29, 1.82) is 0 Å². The molecule has 0 radical (unpaired) electrons. The molecule has 1 aromatic rings. The van der Waals surface area contributed by atoms with Crippen LogP contribution in [0.15, 0.2) is 18.2 Å². The lowest BCUT2D eigenvalue weighted by Gasteiger charge is -2.29. The van der Waals surface area contributed by atoms with Crippen LogP contribution in [0.4, 0.5) is 5.69 Å². The minimum Gasteiger partial charge on any atom is -0.379 e. The van der Waals surface area contributed by atoms with Crippen LogP contribution >= 0.6 is 11.6 Å². The summed E-state index contributed by atoms with van der Waals surface area (Å²) in [6, 6.07) is 4.38. The van der Waals surface area contributed by atoms with Gasteiger partial charge in [0.15, 0.2) is 0 Å². The highest BCUT2D eigenvalue weighted by Crippen LogP contribution is 2.32. The summed E-state index contributed by atoms with van der Waals surface area (Å²) >= 11 is 5.50. The number of nitrogens with zero attached hydrogens (tertiary/aromatic N) is 1. The Kier molecular flexibility index (Phi) is 9.61. The van der Waals surface area contributed by atoms with E-state index in [-0.39, 0.29) is 50.1 Å². The lowest BCUT2D eigenvalue weighted by Crippen LogP contribution is -2.52. The third-order valence-corrected chi connectivity index (χ3v) is 5.45. The zero-order chi connectivity index (χ0) is 23.6. The summed E-state index contributed by atoms with van der Waals surface area (Å²) in [5.74, 6) is -0.885. The van der Waals surface area contributed by atoms with Crippen molar-refractivity contribution < 1.29 is 33.4 Å². The Balaban J connectivity index is 1.42.